The zero-order chi connectivity index (χ0) is 24.2. The topological polar surface area (TPSA) is 69.4 Å². The van der Waals surface area contributed by atoms with Gasteiger partial charge in [0, 0.05) is 57.1 Å². The number of methoxy groups -OCH3 is 1. The summed E-state index contributed by atoms with van der Waals surface area (Å²) in [7, 11) is 1.67. The van der Waals surface area contributed by atoms with E-state index in [0.29, 0.717) is 30.1 Å². The van der Waals surface area contributed by atoms with Gasteiger partial charge in [-0.25, -0.2) is 4.79 Å². The molecule has 0 bridgehead atoms. The van der Waals surface area contributed by atoms with Crippen LogP contribution in [0.15, 0.2) is 70.1 Å². The summed E-state index contributed by atoms with van der Waals surface area (Å²) in [6.07, 6.45) is 2.47. The first-order chi connectivity index (χ1) is 17.1. The molecule has 0 amide bonds. The first-order valence-corrected chi connectivity index (χ1v) is 12.3. The first kappa shape index (κ1) is 23.5. The van der Waals surface area contributed by atoms with Crippen molar-refractivity contribution in [3.05, 3.63) is 88.0 Å². The smallest absolute Gasteiger partial charge is 0.343 e. The molecule has 1 aromatic heterocycles. The Hall–Kier alpha value is -3.29. The van der Waals surface area contributed by atoms with Crippen LogP contribution in [0.4, 0.5) is 5.69 Å². The summed E-state index contributed by atoms with van der Waals surface area (Å²) < 4.78 is 10.6. The standard InChI is InChI=1S/C28H33N3O4/c1-34-25-9-7-24(8-10-25)31-15-13-29(14-16-31)18-23-20-35-28(33)26(27(23)32)19-30-12-11-22(17-30)21-5-3-2-4-6-21/h2-10,20,22,32H,11-19H2,1H3. The minimum atomic E-state index is -0.446. The van der Waals surface area contributed by atoms with E-state index < -0.39 is 5.63 Å². The fraction of sp³-hybridized carbons (Fsp3) is 0.393. The van der Waals surface area contributed by atoms with Crippen LogP contribution in [0.1, 0.15) is 29.0 Å². The Balaban J connectivity index is 1.20. The SMILES string of the molecule is COc1ccc(N2CCN(Cc3coc(=O)c(CN4CCC(c5ccccc5)C4)c3O)CC2)cc1. The molecule has 2 aliphatic rings. The highest BCUT2D eigenvalue weighted by Crippen LogP contribution is 2.30. The molecule has 0 saturated carbocycles. The van der Waals surface area contributed by atoms with Gasteiger partial charge in [0.25, 0.3) is 0 Å². The molecule has 0 radical (unpaired) electrons. The third-order valence-corrected chi connectivity index (χ3v) is 7.27. The van der Waals surface area contributed by atoms with Gasteiger partial charge in [-0.1, -0.05) is 30.3 Å². The monoisotopic (exact) mass is 475 g/mol. The summed E-state index contributed by atoms with van der Waals surface area (Å²) in [5.74, 6) is 1.39. The molecule has 2 aliphatic heterocycles. The maximum atomic E-state index is 12.5. The van der Waals surface area contributed by atoms with Gasteiger partial charge < -0.3 is 19.2 Å². The Bertz CT molecular complexity index is 1170. The van der Waals surface area contributed by atoms with Crippen molar-refractivity contribution < 1.29 is 14.3 Å². The number of benzene rings is 2. The number of piperazine rings is 1. The zero-order valence-electron chi connectivity index (χ0n) is 20.2. The van der Waals surface area contributed by atoms with Gasteiger partial charge in [-0.2, -0.15) is 0 Å². The van der Waals surface area contributed by atoms with E-state index >= 15 is 0 Å². The van der Waals surface area contributed by atoms with E-state index in [1.54, 1.807) is 7.11 Å². The largest absolute Gasteiger partial charge is 0.507 e. The van der Waals surface area contributed by atoms with Crippen molar-refractivity contribution in [2.75, 3.05) is 51.3 Å². The molecule has 2 aromatic carbocycles. The lowest BCUT2D eigenvalue weighted by atomic mass is 9.99. The Morgan fingerprint density at radius 1 is 0.943 bits per heavy atom. The fourth-order valence-electron chi connectivity index (χ4n) is 5.19. The maximum absolute atomic E-state index is 12.5. The van der Waals surface area contributed by atoms with Crippen molar-refractivity contribution >= 4 is 5.69 Å². The normalized spacial score (nSPS) is 19.2. The zero-order valence-corrected chi connectivity index (χ0v) is 20.2. The Morgan fingerprint density at radius 3 is 2.40 bits per heavy atom. The molecule has 3 aromatic rings. The second-order valence-corrected chi connectivity index (χ2v) is 9.47. The van der Waals surface area contributed by atoms with E-state index in [1.165, 1.54) is 17.5 Å². The lowest BCUT2D eigenvalue weighted by molar-refractivity contribution is 0.241. The van der Waals surface area contributed by atoms with Crippen LogP contribution in [-0.2, 0) is 13.1 Å². The predicted octanol–water partition coefficient (Wildman–Crippen LogP) is 3.67. The highest BCUT2D eigenvalue weighted by atomic mass is 16.5. The quantitative estimate of drug-likeness (QED) is 0.559. The fourth-order valence-corrected chi connectivity index (χ4v) is 5.19. The Morgan fingerprint density at radius 2 is 1.69 bits per heavy atom. The number of hydrogen-bond donors (Lipinski definition) is 1. The molecule has 0 spiro atoms. The van der Waals surface area contributed by atoms with Crippen LogP contribution in [0.5, 0.6) is 11.5 Å². The number of nitrogens with zero attached hydrogens (tertiary/aromatic N) is 3. The van der Waals surface area contributed by atoms with E-state index in [-0.39, 0.29) is 5.75 Å². The Kier molecular flexibility index (Phi) is 7.06. The van der Waals surface area contributed by atoms with Crippen LogP contribution in [0, 0.1) is 0 Å². The van der Waals surface area contributed by atoms with Crippen LogP contribution in [0.25, 0.3) is 0 Å². The van der Waals surface area contributed by atoms with E-state index in [0.717, 1.165) is 51.4 Å². The highest BCUT2D eigenvalue weighted by Gasteiger charge is 2.27. The van der Waals surface area contributed by atoms with Gasteiger partial charge in [0.1, 0.15) is 17.8 Å². The minimum absolute atomic E-state index is 0.0852. The molecular weight excluding hydrogens is 442 g/mol. The van der Waals surface area contributed by atoms with E-state index in [2.05, 4.69) is 51.1 Å². The van der Waals surface area contributed by atoms with Crippen molar-refractivity contribution in [2.24, 2.45) is 0 Å². The molecule has 7 heteroatoms. The molecule has 35 heavy (non-hydrogen) atoms. The van der Waals surface area contributed by atoms with Gasteiger partial charge >= 0.3 is 5.63 Å². The van der Waals surface area contributed by atoms with E-state index in [1.807, 2.05) is 18.2 Å². The molecule has 184 valence electrons. The van der Waals surface area contributed by atoms with Gasteiger partial charge in [0.2, 0.25) is 0 Å². The number of rotatable bonds is 7. The summed E-state index contributed by atoms with van der Waals surface area (Å²) in [6, 6.07) is 18.6. The van der Waals surface area contributed by atoms with Gasteiger partial charge in [-0.3, -0.25) is 9.80 Å². The maximum Gasteiger partial charge on any atom is 0.343 e. The molecule has 1 N–H and O–H groups in total. The molecular formula is C28H33N3O4. The van der Waals surface area contributed by atoms with Gasteiger partial charge in [-0.15, -0.1) is 0 Å². The lowest BCUT2D eigenvalue weighted by Gasteiger charge is -2.36. The Labute approximate surface area is 206 Å². The van der Waals surface area contributed by atoms with Crippen molar-refractivity contribution in [2.45, 2.75) is 25.4 Å². The average Bonchev–Trinajstić information content (AvgIpc) is 3.38. The molecule has 0 aliphatic carbocycles. The molecule has 1 unspecified atom stereocenters. The van der Waals surface area contributed by atoms with Crippen molar-refractivity contribution in [1.82, 2.24) is 9.80 Å². The molecule has 1 atom stereocenters. The molecule has 7 nitrogen and oxygen atoms in total. The third kappa shape index (κ3) is 5.36. The summed E-state index contributed by atoms with van der Waals surface area (Å²) in [4.78, 5) is 19.4. The molecule has 2 saturated heterocycles. The van der Waals surface area contributed by atoms with Gasteiger partial charge in [0.05, 0.1) is 12.7 Å². The number of ether oxygens (including phenoxy) is 1. The van der Waals surface area contributed by atoms with Crippen molar-refractivity contribution in [1.29, 1.82) is 0 Å². The first-order valence-electron chi connectivity index (χ1n) is 12.3. The summed E-state index contributed by atoms with van der Waals surface area (Å²) in [5, 5.41) is 11.0. The minimum Gasteiger partial charge on any atom is -0.507 e. The molecule has 2 fully saturated rings. The molecule has 3 heterocycles. The van der Waals surface area contributed by atoms with Crippen LogP contribution < -0.4 is 15.3 Å². The van der Waals surface area contributed by atoms with Gasteiger partial charge in [-0.05, 0) is 48.7 Å². The second kappa shape index (κ2) is 10.5. The van der Waals surface area contributed by atoms with Crippen molar-refractivity contribution in [3.63, 3.8) is 0 Å². The second-order valence-electron chi connectivity index (χ2n) is 9.47. The number of anilines is 1. The summed E-state index contributed by atoms with van der Waals surface area (Å²) in [6.45, 7) is 6.27. The van der Waals surface area contributed by atoms with Crippen LogP contribution in [0.2, 0.25) is 0 Å². The predicted molar refractivity (Wildman–Crippen MR) is 136 cm³/mol. The van der Waals surface area contributed by atoms with E-state index in [4.69, 9.17) is 9.15 Å². The summed E-state index contributed by atoms with van der Waals surface area (Å²) in [5.41, 5.74) is 3.11. The van der Waals surface area contributed by atoms with Crippen LogP contribution in [0.3, 0.4) is 0 Å². The third-order valence-electron chi connectivity index (χ3n) is 7.27. The number of aromatic hydroxyl groups is 1. The van der Waals surface area contributed by atoms with E-state index in [9.17, 15) is 9.90 Å². The van der Waals surface area contributed by atoms with Gasteiger partial charge in [0.15, 0.2) is 0 Å². The van der Waals surface area contributed by atoms with Crippen LogP contribution >= 0.6 is 0 Å². The summed E-state index contributed by atoms with van der Waals surface area (Å²) >= 11 is 0. The average molecular weight is 476 g/mol. The molecule has 5 rings (SSSR count). The lowest BCUT2D eigenvalue weighted by Crippen LogP contribution is -2.46. The highest BCUT2D eigenvalue weighted by molar-refractivity contribution is 5.49. The van der Waals surface area contributed by atoms with Crippen LogP contribution in [-0.4, -0.2) is 61.3 Å². The number of hydrogen-bond acceptors (Lipinski definition) is 7. The number of likely N-dealkylation sites (tertiary alicyclic amines) is 1. The van der Waals surface area contributed by atoms with Crippen molar-refractivity contribution in [3.8, 4) is 11.5 Å².